The van der Waals surface area contributed by atoms with Crippen LogP contribution in [0.25, 0.3) is 11.4 Å². The molecule has 0 amide bonds. The molecule has 0 aromatic heterocycles. The molecule has 0 spiro atoms. The average Bonchev–Trinajstić information content (AvgIpc) is 2.47. The first-order valence-corrected chi connectivity index (χ1v) is 5.11. The van der Waals surface area contributed by atoms with Gasteiger partial charge in [-0.3, -0.25) is 4.98 Å². The van der Waals surface area contributed by atoms with Crippen molar-refractivity contribution in [1.29, 1.82) is 0 Å². The van der Waals surface area contributed by atoms with Crippen LogP contribution in [-0.2, 0) is 10.2 Å². The molecule has 0 aromatic carbocycles. The maximum absolute atomic E-state index is 9.19. The third-order valence-electron chi connectivity index (χ3n) is 1.22. The van der Waals surface area contributed by atoms with Crippen molar-refractivity contribution < 1.29 is 8.42 Å². The van der Waals surface area contributed by atoms with Gasteiger partial charge in [0.15, 0.2) is 0 Å². The number of nitrogens with one attached hydrogen (secondary N) is 1. The molecule has 0 aliphatic carbocycles. The largest absolute Gasteiger partial charge is 0.345 e. The molecular weight excluding hydrogens is 206 g/mol. The summed E-state index contributed by atoms with van der Waals surface area (Å²) in [5.41, 5.74) is 1.95. The Kier molecular flexibility index (Phi) is 3.12. The fraction of sp³-hybridized carbons (Fsp3) is 0. The monoisotopic (exact) mass is 215 g/mol. The Balaban J connectivity index is 0.000000171. The number of nitrogens with two attached hydrogens (primary N) is 2. The number of hydrogen-bond acceptors (Lipinski definition) is 4. The molecule has 76 valence electrons. The number of hydrogen-bond donors (Lipinski definition) is 3. The van der Waals surface area contributed by atoms with E-state index in [2.05, 4.69) is 25.2 Å². The van der Waals surface area contributed by atoms with E-state index in [9.17, 15) is 8.42 Å². The number of nitrogens with zero attached hydrogens (tertiary/aromatic N) is 2. The second-order valence-corrected chi connectivity index (χ2v) is 3.56. The van der Waals surface area contributed by atoms with Gasteiger partial charge in [0, 0.05) is 6.20 Å². The highest BCUT2D eigenvalue weighted by atomic mass is 32.2. The van der Waals surface area contributed by atoms with Crippen LogP contribution in [0.3, 0.4) is 0 Å². The Morgan fingerprint density at radius 1 is 1.36 bits per heavy atom. The van der Waals surface area contributed by atoms with E-state index >= 15 is 0 Å². The van der Waals surface area contributed by atoms with Crippen LogP contribution in [0.4, 0.5) is 0 Å². The quantitative estimate of drug-likeness (QED) is 0.523. The second kappa shape index (κ2) is 4.13. The fourth-order valence-electron chi connectivity index (χ4n) is 0.787. The van der Waals surface area contributed by atoms with Crippen LogP contribution >= 0.6 is 0 Å². The van der Waals surface area contributed by atoms with Crippen molar-refractivity contribution in [2.45, 2.75) is 0 Å². The van der Waals surface area contributed by atoms with Crippen LogP contribution in [0.2, 0.25) is 0 Å². The zero-order valence-electron chi connectivity index (χ0n) is 7.08. The number of rotatable bonds is 0. The molecule has 5 N–H and O–H groups in total. The van der Waals surface area contributed by atoms with Crippen LogP contribution in [-0.4, -0.2) is 23.4 Å². The minimum Gasteiger partial charge on any atom is -0.345 e. The van der Waals surface area contributed by atoms with Crippen molar-refractivity contribution in [2.75, 3.05) is 0 Å². The third-order valence-corrected chi connectivity index (χ3v) is 1.22. The van der Waals surface area contributed by atoms with Gasteiger partial charge in [0.05, 0.1) is 18.2 Å². The first-order valence-electron chi connectivity index (χ1n) is 3.50. The summed E-state index contributed by atoms with van der Waals surface area (Å²) in [6, 6.07) is 1.91. The molecule has 14 heavy (non-hydrogen) atoms. The van der Waals surface area contributed by atoms with Gasteiger partial charge in [-0.1, -0.05) is 0 Å². The number of fused-ring (bicyclic) bond motifs is 1. The molecule has 0 aromatic rings. The van der Waals surface area contributed by atoms with Crippen molar-refractivity contribution in [2.24, 2.45) is 10.3 Å². The van der Waals surface area contributed by atoms with Gasteiger partial charge in [-0.2, -0.15) is 8.42 Å². The summed E-state index contributed by atoms with van der Waals surface area (Å²) < 4.78 is 18.4. The molecule has 2 rings (SSSR count). The summed E-state index contributed by atoms with van der Waals surface area (Å²) >= 11 is 0. The standard InChI is InChI=1S/C6H5N3.H4N2O2S/c1-2-8-6-3-7-4-9-5(1)6;1-5(2,3)4/h1-4H,(H,7,9);(H4,1,2,3,4). The molecule has 0 saturated heterocycles. The molecule has 0 bridgehead atoms. The van der Waals surface area contributed by atoms with E-state index in [1.54, 1.807) is 18.7 Å². The summed E-state index contributed by atoms with van der Waals surface area (Å²) in [4.78, 5) is 10.8. The molecule has 8 heteroatoms. The van der Waals surface area contributed by atoms with E-state index in [0.29, 0.717) is 0 Å². The average molecular weight is 215 g/mol. The Hall–Kier alpha value is -1.51. The van der Waals surface area contributed by atoms with Crippen molar-refractivity contribution in [3.63, 3.8) is 0 Å². The van der Waals surface area contributed by atoms with Crippen molar-refractivity contribution in [3.05, 3.63) is 24.8 Å². The van der Waals surface area contributed by atoms with Crippen LogP contribution < -0.4 is 10.3 Å². The number of aromatic amines is 1. The Bertz CT molecular complexity index is 430. The molecule has 0 unspecified atom stereocenters. The molecule has 2 heterocycles. The third kappa shape index (κ3) is 3.94. The van der Waals surface area contributed by atoms with Gasteiger partial charge in [0.1, 0.15) is 5.69 Å². The summed E-state index contributed by atoms with van der Waals surface area (Å²) in [7, 11) is -3.67. The minimum absolute atomic E-state index is 0.914. The Labute approximate surface area is 80.7 Å². The van der Waals surface area contributed by atoms with E-state index < -0.39 is 10.2 Å². The highest BCUT2D eigenvalue weighted by molar-refractivity contribution is 7.86. The SMILES string of the molecule is NS(N)(=O)=O.c1cc2[nH]cncc-2n1. The highest BCUT2D eigenvalue weighted by Crippen LogP contribution is 2.12. The number of aromatic nitrogens is 3. The maximum Gasteiger partial charge on any atom is 0.271 e. The first kappa shape index (κ1) is 10.6. The molecule has 2 aliphatic rings. The summed E-state index contributed by atoms with van der Waals surface area (Å²) in [6.45, 7) is 0. The lowest BCUT2D eigenvalue weighted by Crippen LogP contribution is -2.21. The van der Waals surface area contributed by atoms with Crippen molar-refractivity contribution in [3.8, 4) is 11.4 Å². The molecular formula is C6H9N5O2S. The van der Waals surface area contributed by atoms with Crippen molar-refractivity contribution in [1.82, 2.24) is 15.0 Å². The zero-order chi connectivity index (χ0) is 10.6. The maximum atomic E-state index is 9.19. The predicted octanol–water partition coefficient (Wildman–Crippen LogP) is -0.942. The second-order valence-electron chi connectivity index (χ2n) is 2.38. The minimum atomic E-state index is -3.67. The lowest BCUT2D eigenvalue weighted by Gasteiger charge is -1.91. The smallest absolute Gasteiger partial charge is 0.271 e. The van der Waals surface area contributed by atoms with E-state index in [-0.39, 0.29) is 0 Å². The topological polar surface area (TPSA) is 128 Å². The summed E-state index contributed by atoms with van der Waals surface area (Å²) in [6.07, 6.45) is 5.12. The summed E-state index contributed by atoms with van der Waals surface area (Å²) in [5, 5.41) is 8.21. The lowest BCUT2D eigenvalue weighted by molar-refractivity contribution is 0.599. The van der Waals surface area contributed by atoms with Gasteiger partial charge in [0.2, 0.25) is 0 Å². The first-order chi connectivity index (χ1) is 6.47. The molecule has 0 atom stereocenters. The molecule has 7 nitrogen and oxygen atoms in total. The normalized spacial score (nSPS) is 10.7. The summed E-state index contributed by atoms with van der Waals surface area (Å²) in [5.74, 6) is 0. The Morgan fingerprint density at radius 3 is 2.57 bits per heavy atom. The van der Waals surface area contributed by atoms with Crippen LogP contribution in [0, 0.1) is 0 Å². The molecule has 2 aliphatic heterocycles. The zero-order valence-corrected chi connectivity index (χ0v) is 7.90. The van der Waals surface area contributed by atoms with Crippen LogP contribution in [0.5, 0.6) is 0 Å². The fourth-order valence-corrected chi connectivity index (χ4v) is 0.787. The van der Waals surface area contributed by atoms with E-state index in [1.807, 2.05) is 6.07 Å². The van der Waals surface area contributed by atoms with Gasteiger partial charge < -0.3 is 4.98 Å². The van der Waals surface area contributed by atoms with E-state index in [4.69, 9.17) is 0 Å². The molecule has 0 fully saturated rings. The van der Waals surface area contributed by atoms with Crippen molar-refractivity contribution >= 4 is 10.2 Å². The van der Waals surface area contributed by atoms with Gasteiger partial charge in [-0.15, -0.1) is 0 Å². The molecule has 0 radical (unpaired) electrons. The Morgan fingerprint density at radius 2 is 2.00 bits per heavy atom. The van der Waals surface area contributed by atoms with Gasteiger partial charge in [0.25, 0.3) is 10.2 Å². The van der Waals surface area contributed by atoms with Crippen LogP contribution in [0.15, 0.2) is 24.8 Å². The van der Waals surface area contributed by atoms with Gasteiger partial charge in [-0.05, 0) is 6.07 Å². The van der Waals surface area contributed by atoms with Crippen LogP contribution in [0.1, 0.15) is 0 Å². The van der Waals surface area contributed by atoms with E-state index in [0.717, 1.165) is 11.4 Å². The molecule has 0 saturated carbocycles. The highest BCUT2D eigenvalue weighted by Gasteiger charge is 1.98. The predicted molar refractivity (Wildman–Crippen MR) is 50.3 cm³/mol. The lowest BCUT2D eigenvalue weighted by atomic mass is 10.3. The van der Waals surface area contributed by atoms with E-state index in [1.165, 1.54) is 0 Å². The van der Waals surface area contributed by atoms with Gasteiger partial charge >= 0.3 is 0 Å². The number of H-pyrrole nitrogens is 1. The van der Waals surface area contributed by atoms with Gasteiger partial charge in [-0.25, -0.2) is 15.3 Å².